The van der Waals surface area contributed by atoms with Crippen LogP contribution in [0.5, 0.6) is 0 Å². The third-order valence-electron chi connectivity index (χ3n) is 2.39. The van der Waals surface area contributed by atoms with E-state index >= 15 is 0 Å². The van der Waals surface area contributed by atoms with E-state index in [1.54, 1.807) is 4.68 Å². The molecule has 0 aliphatic heterocycles. The van der Waals surface area contributed by atoms with Gasteiger partial charge in [0.1, 0.15) is 12.3 Å². The van der Waals surface area contributed by atoms with Gasteiger partial charge in [0.2, 0.25) is 0 Å². The minimum Gasteiger partial charge on any atom is -0.377 e. The molecule has 0 saturated carbocycles. The van der Waals surface area contributed by atoms with Crippen LogP contribution in [0.15, 0.2) is 6.20 Å². The Hall–Kier alpha value is -1.31. The van der Waals surface area contributed by atoms with E-state index in [4.69, 9.17) is 14.2 Å². The highest BCUT2D eigenvalue weighted by Gasteiger charge is 2.03. The van der Waals surface area contributed by atoms with E-state index in [0.717, 1.165) is 5.69 Å². The maximum absolute atomic E-state index is 10.6. The SMILES string of the molecule is CC(=O)COCCOCCOCc1cn(C(C)C)nn1. The maximum atomic E-state index is 10.6. The molecule has 0 saturated heterocycles. The first-order valence-corrected chi connectivity index (χ1v) is 6.73. The van der Waals surface area contributed by atoms with Crippen LogP contribution in [0.3, 0.4) is 0 Å². The molecule has 0 spiro atoms. The van der Waals surface area contributed by atoms with Crippen molar-refractivity contribution in [3.05, 3.63) is 11.9 Å². The van der Waals surface area contributed by atoms with Crippen LogP contribution in [-0.4, -0.2) is 53.8 Å². The summed E-state index contributed by atoms with van der Waals surface area (Å²) in [7, 11) is 0. The molecule has 0 radical (unpaired) electrons. The van der Waals surface area contributed by atoms with E-state index in [9.17, 15) is 4.79 Å². The van der Waals surface area contributed by atoms with Crippen molar-refractivity contribution in [3.8, 4) is 0 Å². The van der Waals surface area contributed by atoms with Crippen molar-refractivity contribution in [3.63, 3.8) is 0 Å². The van der Waals surface area contributed by atoms with Gasteiger partial charge in [-0.15, -0.1) is 5.10 Å². The van der Waals surface area contributed by atoms with E-state index < -0.39 is 0 Å². The molecule has 1 rings (SSSR count). The summed E-state index contributed by atoms with van der Waals surface area (Å²) >= 11 is 0. The molecule has 0 amide bonds. The number of Topliss-reactive ketones (excluding diaryl/α,β-unsaturated/α-hetero) is 1. The summed E-state index contributed by atoms with van der Waals surface area (Å²) in [6.07, 6.45) is 1.88. The Labute approximate surface area is 119 Å². The molecule has 0 bridgehead atoms. The maximum Gasteiger partial charge on any atom is 0.155 e. The van der Waals surface area contributed by atoms with Crippen LogP contribution in [0, 0.1) is 0 Å². The van der Waals surface area contributed by atoms with Crippen LogP contribution in [0.2, 0.25) is 0 Å². The van der Waals surface area contributed by atoms with Crippen molar-refractivity contribution < 1.29 is 19.0 Å². The number of hydrogen-bond donors (Lipinski definition) is 0. The van der Waals surface area contributed by atoms with Gasteiger partial charge in [0.25, 0.3) is 0 Å². The lowest BCUT2D eigenvalue weighted by atomic mass is 10.4. The van der Waals surface area contributed by atoms with E-state index in [1.807, 2.05) is 20.0 Å². The van der Waals surface area contributed by atoms with Crippen molar-refractivity contribution >= 4 is 5.78 Å². The molecule has 1 heterocycles. The highest BCUT2D eigenvalue weighted by Crippen LogP contribution is 2.03. The predicted molar refractivity (Wildman–Crippen MR) is 72.4 cm³/mol. The molecule has 0 atom stereocenters. The van der Waals surface area contributed by atoms with Gasteiger partial charge < -0.3 is 14.2 Å². The zero-order chi connectivity index (χ0) is 14.8. The van der Waals surface area contributed by atoms with E-state index in [2.05, 4.69) is 10.3 Å². The number of hydrogen-bond acceptors (Lipinski definition) is 6. The lowest BCUT2D eigenvalue weighted by Crippen LogP contribution is -2.12. The number of rotatable bonds is 11. The molecule has 0 N–H and O–H groups in total. The van der Waals surface area contributed by atoms with Gasteiger partial charge in [-0.2, -0.15) is 0 Å². The Morgan fingerprint density at radius 3 is 2.45 bits per heavy atom. The first kappa shape index (κ1) is 16.7. The normalized spacial score (nSPS) is 11.2. The fourth-order valence-corrected chi connectivity index (χ4v) is 1.36. The summed E-state index contributed by atoms with van der Waals surface area (Å²) in [4.78, 5) is 10.6. The van der Waals surface area contributed by atoms with Crippen LogP contribution >= 0.6 is 0 Å². The summed E-state index contributed by atoms with van der Waals surface area (Å²) in [6, 6.07) is 0.301. The minimum absolute atomic E-state index is 0.0165. The Morgan fingerprint density at radius 2 is 1.85 bits per heavy atom. The largest absolute Gasteiger partial charge is 0.377 e. The molecule has 20 heavy (non-hydrogen) atoms. The van der Waals surface area contributed by atoms with Crippen LogP contribution < -0.4 is 0 Å². The summed E-state index contributed by atoms with van der Waals surface area (Å²) in [5.41, 5.74) is 0.809. The fourth-order valence-electron chi connectivity index (χ4n) is 1.36. The first-order chi connectivity index (χ1) is 9.59. The smallest absolute Gasteiger partial charge is 0.155 e. The molecule has 0 aliphatic rings. The third-order valence-corrected chi connectivity index (χ3v) is 2.39. The summed E-state index contributed by atoms with van der Waals surface area (Å²) in [6.45, 7) is 8.00. The van der Waals surface area contributed by atoms with Gasteiger partial charge in [0, 0.05) is 6.04 Å². The van der Waals surface area contributed by atoms with Crippen LogP contribution in [0.25, 0.3) is 0 Å². The predicted octanol–water partition coefficient (Wildman–Crippen LogP) is 0.998. The summed E-state index contributed by atoms with van der Waals surface area (Å²) in [5, 5.41) is 8.00. The van der Waals surface area contributed by atoms with Gasteiger partial charge in [-0.3, -0.25) is 4.79 Å². The van der Waals surface area contributed by atoms with Crippen molar-refractivity contribution in [2.45, 2.75) is 33.4 Å². The number of carbonyl (C=O) groups is 1. The third kappa shape index (κ3) is 7.32. The molecule has 1 aromatic heterocycles. The van der Waals surface area contributed by atoms with E-state index in [0.29, 0.717) is 39.1 Å². The van der Waals surface area contributed by atoms with Crippen molar-refractivity contribution in [2.75, 3.05) is 33.0 Å². The quantitative estimate of drug-likeness (QED) is 0.565. The number of ketones is 1. The summed E-state index contributed by atoms with van der Waals surface area (Å²) in [5.74, 6) is 0.0165. The molecule has 0 aliphatic carbocycles. The lowest BCUT2D eigenvalue weighted by molar-refractivity contribution is -0.122. The standard InChI is InChI=1S/C13H23N3O4/c1-11(2)16-8-13(14-15-16)10-20-7-5-18-4-6-19-9-12(3)17/h8,11H,4-7,9-10H2,1-3H3. The van der Waals surface area contributed by atoms with Crippen LogP contribution in [0.1, 0.15) is 32.5 Å². The molecular formula is C13H23N3O4. The fraction of sp³-hybridized carbons (Fsp3) is 0.769. The second-order valence-corrected chi connectivity index (χ2v) is 4.70. The van der Waals surface area contributed by atoms with Crippen LogP contribution in [0.4, 0.5) is 0 Å². The Bertz CT molecular complexity index is 393. The monoisotopic (exact) mass is 285 g/mol. The average molecular weight is 285 g/mol. The van der Waals surface area contributed by atoms with Gasteiger partial charge in [-0.25, -0.2) is 4.68 Å². The highest BCUT2D eigenvalue weighted by molar-refractivity contribution is 5.76. The van der Waals surface area contributed by atoms with Gasteiger partial charge in [-0.1, -0.05) is 5.21 Å². The summed E-state index contributed by atoms with van der Waals surface area (Å²) < 4.78 is 17.6. The van der Waals surface area contributed by atoms with Gasteiger partial charge in [0.05, 0.1) is 39.2 Å². The van der Waals surface area contributed by atoms with Crippen LogP contribution in [-0.2, 0) is 25.6 Å². The Kier molecular flexibility index (Phi) is 8.01. The van der Waals surface area contributed by atoms with Gasteiger partial charge in [-0.05, 0) is 20.8 Å². The molecular weight excluding hydrogens is 262 g/mol. The van der Waals surface area contributed by atoms with Gasteiger partial charge >= 0.3 is 0 Å². The van der Waals surface area contributed by atoms with Crippen molar-refractivity contribution in [1.82, 2.24) is 15.0 Å². The first-order valence-electron chi connectivity index (χ1n) is 6.73. The zero-order valence-corrected chi connectivity index (χ0v) is 12.4. The molecule has 114 valence electrons. The van der Waals surface area contributed by atoms with Crippen molar-refractivity contribution in [1.29, 1.82) is 0 Å². The number of nitrogens with zero attached hydrogens (tertiary/aromatic N) is 3. The topological polar surface area (TPSA) is 75.5 Å². The van der Waals surface area contributed by atoms with E-state index in [1.165, 1.54) is 6.92 Å². The molecule has 1 aromatic rings. The Balaban J connectivity index is 1.95. The van der Waals surface area contributed by atoms with E-state index in [-0.39, 0.29) is 12.4 Å². The second kappa shape index (κ2) is 9.57. The van der Waals surface area contributed by atoms with Gasteiger partial charge in [0.15, 0.2) is 5.78 Å². The lowest BCUT2D eigenvalue weighted by Gasteiger charge is -2.05. The molecule has 0 fully saturated rings. The minimum atomic E-state index is 0.0165. The number of ether oxygens (including phenoxy) is 3. The molecule has 7 heteroatoms. The highest BCUT2D eigenvalue weighted by atomic mass is 16.5. The Morgan fingerprint density at radius 1 is 1.20 bits per heavy atom. The number of carbonyl (C=O) groups excluding carboxylic acids is 1. The van der Waals surface area contributed by atoms with Crippen molar-refractivity contribution in [2.24, 2.45) is 0 Å². The molecule has 0 unspecified atom stereocenters. The second-order valence-electron chi connectivity index (χ2n) is 4.70. The zero-order valence-electron chi connectivity index (χ0n) is 12.4. The average Bonchev–Trinajstić information content (AvgIpc) is 2.85. The molecule has 0 aromatic carbocycles. The number of aromatic nitrogens is 3. The molecule has 7 nitrogen and oxygen atoms in total.